The molecule has 0 bridgehead atoms. The molecule has 1 aliphatic carbocycles. The summed E-state index contributed by atoms with van der Waals surface area (Å²) in [6, 6.07) is 6.25. The molecule has 1 saturated carbocycles. The summed E-state index contributed by atoms with van der Waals surface area (Å²) in [6.07, 6.45) is 3.77. The first kappa shape index (κ1) is 15.1. The number of methoxy groups -OCH3 is 1. The van der Waals surface area contributed by atoms with Gasteiger partial charge in [-0.3, -0.25) is 4.79 Å². The molecule has 2 rings (SSSR count). The van der Waals surface area contributed by atoms with E-state index in [0.29, 0.717) is 16.8 Å². The molecule has 0 heterocycles. The van der Waals surface area contributed by atoms with Gasteiger partial charge in [-0.15, -0.1) is 0 Å². The van der Waals surface area contributed by atoms with Gasteiger partial charge in [0, 0.05) is 18.5 Å². The molecule has 1 fully saturated rings. The van der Waals surface area contributed by atoms with Crippen LogP contribution in [0.4, 0.5) is 0 Å². The van der Waals surface area contributed by atoms with Crippen LogP contribution in [-0.4, -0.2) is 19.1 Å². The van der Waals surface area contributed by atoms with E-state index in [4.69, 9.17) is 22.1 Å². The molecule has 1 amide bonds. The zero-order chi connectivity index (χ0) is 14.5. The summed E-state index contributed by atoms with van der Waals surface area (Å²) < 4.78 is 5.13. The fourth-order valence-electron chi connectivity index (χ4n) is 2.66. The van der Waals surface area contributed by atoms with Crippen molar-refractivity contribution in [1.82, 2.24) is 5.32 Å². The van der Waals surface area contributed by atoms with Crippen molar-refractivity contribution in [2.45, 2.75) is 38.3 Å². The number of amides is 1. The van der Waals surface area contributed by atoms with Crippen molar-refractivity contribution in [3.63, 3.8) is 0 Å². The van der Waals surface area contributed by atoms with Crippen LogP contribution >= 0.6 is 11.6 Å². The number of hydrogen-bond acceptors (Lipinski definition) is 3. The summed E-state index contributed by atoms with van der Waals surface area (Å²) in [6.45, 7) is 0.773. The number of nitrogens with one attached hydrogen (secondary N) is 1. The van der Waals surface area contributed by atoms with E-state index in [1.807, 2.05) is 18.2 Å². The third-order valence-corrected chi connectivity index (χ3v) is 4.24. The average molecular weight is 297 g/mol. The fourth-order valence-corrected chi connectivity index (χ4v) is 2.94. The van der Waals surface area contributed by atoms with Gasteiger partial charge in [-0.2, -0.15) is 0 Å². The van der Waals surface area contributed by atoms with Crippen LogP contribution in [0.1, 0.15) is 31.2 Å². The molecule has 1 aliphatic rings. The minimum absolute atomic E-state index is 0.0588. The summed E-state index contributed by atoms with van der Waals surface area (Å²) in [4.78, 5) is 11.1. The quantitative estimate of drug-likeness (QED) is 0.877. The van der Waals surface area contributed by atoms with Crippen molar-refractivity contribution in [2.24, 2.45) is 11.7 Å². The lowest BCUT2D eigenvalue weighted by atomic mass is 9.85. The molecule has 0 radical (unpaired) electrons. The van der Waals surface area contributed by atoms with Crippen LogP contribution in [0, 0.1) is 5.92 Å². The third-order valence-electron chi connectivity index (χ3n) is 3.94. The molecule has 0 aromatic heterocycles. The summed E-state index contributed by atoms with van der Waals surface area (Å²) in [5, 5.41) is 4.14. The number of benzene rings is 1. The van der Waals surface area contributed by atoms with Crippen LogP contribution in [0.25, 0.3) is 0 Å². The Morgan fingerprint density at radius 1 is 1.40 bits per heavy atom. The molecular formula is C15H21ClN2O2. The number of halogens is 1. The first-order valence-corrected chi connectivity index (χ1v) is 7.33. The number of hydrogen-bond donors (Lipinski definition) is 2. The van der Waals surface area contributed by atoms with Gasteiger partial charge in [-0.25, -0.2) is 0 Å². The summed E-state index contributed by atoms with van der Waals surface area (Å²) in [7, 11) is 1.61. The standard InChI is InChI=1S/C15H21ClN2O2/c1-20-14-7-2-10(8-13(14)16)9-18-12-5-3-11(4-6-12)15(17)19/h2,7-8,11-12,18H,3-6,9H2,1H3,(H2,17,19). The zero-order valence-corrected chi connectivity index (χ0v) is 12.5. The Hall–Kier alpha value is -1.26. The molecule has 0 atom stereocenters. The average Bonchev–Trinajstić information content (AvgIpc) is 2.45. The zero-order valence-electron chi connectivity index (χ0n) is 11.7. The Morgan fingerprint density at radius 3 is 2.65 bits per heavy atom. The molecule has 1 aromatic carbocycles. The monoisotopic (exact) mass is 296 g/mol. The van der Waals surface area contributed by atoms with Crippen molar-refractivity contribution < 1.29 is 9.53 Å². The number of carbonyl (C=O) groups is 1. The second-order valence-electron chi connectivity index (χ2n) is 5.30. The molecule has 0 spiro atoms. The summed E-state index contributed by atoms with van der Waals surface area (Å²) >= 11 is 6.10. The third kappa shape index (κ3) is 3.87. The van der Waals surface area contributed by atoms with Crippen LogP contribution < -0.4 is 15.8 Å². The van der Waals surface area contributed by atoms with Gasteiger partial charge in [0.15, 0.2) is 0 Å². The Balaban J connectivity index is 1.81. The van der Waals surface area contributed by atoms with Crippen LogP contribution in [0.5, 0.6) is 5.75 Å². The van der Waals surface area contributed by atoms with Gasteiger partial charge >= 0.3 is 0 Å². The van der Waals surface area contributed by atoms with E-state index in [1.165, 1.54) is 0 Å². The molecule has 5 heteroatoms. The van der Waals surface area contributed by atoms with Crippen molar-refractivity contribution in [3.8, 4) is 5.75 Å². The van der Waals surface area contributed by atoms with E-state index >= 15 is 0 Å². The molecule has 20 heavy (non-hydrogen) atoms. The van der Waals surface area contributed by atoms with Crippen molar-refractivity contribution in [2.75, 3.05) is 7.11 Å². The molecule has 110 valence electrons. The maximum Gasteiger partial charge on any atom is 0.220 e. The van der Waals surface area contributed by atoms with Crippen molar-refractivity contribution >= 4 is 17.5 Å². The highest BCUT2D eigenvalue weighted by atomic mass is 35.5. The second kappa shape index (κ2) is 6.95. The Labute approximate surface area is 124 Å². The van der Waals surface area contributed by atoms with Crippen LogP contribution in [0.15, 0.2) is 18.2 Å². The van der Waals surface area contributed by atoms with Gasteiger partial charge in [0.25, 0.3) is 0 Å². The van der Waals surface area contributed by atoms with E-state index in [0.717, 1.165) is 37.8 Å². The first-order chi connectivity index (χ1) is 9.60. The molecular weight excluding hydrogens is 276 g/mol. The number of nitrogens with two attached hydrogens (primary N) is 1. The van der Waals surface area contributed by atoms with Gasteiger partial charge in [0.2, 0.25) is 5.91 Å². The van der Waals surface area contributed by atoms with Crippen molar-refractivity contribution in [3.05, 3.63) is 28.8 Å². The molecule has 0 aliphatic heterocycles. The number of primary amides is 1. The molecule has 0 unspecified atom stereocenters. The molecule has 1 aromatic rings. The predicted molar refractivity (Wildman–Crippen MR) is 79.8 cm³/mol. The van der Waals surface area contributed by atoms with Gasteiger partial charge in [-0.05, 0) is 43.4 Å². The van der Waals surface area contributed by atoms with E-state index < -0.39 is 0 Å². The fraction of sp³-hybridized carbons (Fsp3) is 0.533. The highest BCUT2D eigenvalue weighted by Gasteiger charge is 2.24. The minimum Gasteiger partial charge on any atom is -0.495 e. The maximum atomic E-state index is 11.1. The topological polar surface area (TPSA) is 64.3 Å². The number of ether oxygens (including phenoxy) is 1. The highest BCUT2D eigenvalue weighted by molar-refractivity contribution is 6.32. The lowest BCUT2D eigenvalue weighted by Crippen LogP contribution is -2.36. The Morgan fingerprint density at radius 2 is 2.10 bits per heavy atom. The number of carbonyl (C=O) groups excluding carboxylic acids is 1. The Bertz CT molecular complexity index is 471. The molecule has 0 saturated heterocycles. The SMILES string of the molecule is COc1ccc(CNC2CCC(C(N)=O)CC2)cc1Cl. The molecule has 3 N–H and O–H groups in total. The highest BCUT2D eigenvalue weighted by Crippen LogP contribution is 2.26. The van der Waals surface area contributed by atoms with E-state index in [9.17, 15) is 4.79 Å². The predicted octanol–water partition coefficient (Wildman–Crippen LogP) is 2.48. The van der Waals surface area contributed by atoms with E-state index in [2.05, 4.69) is 5.32 Å². The number of rotatable bonds is 5. The van der Waals surface area contributed by atoms with Crippen LogP contribution in [0.2, 0.25) is 5.02 Å². The second-order valence-corrected chi connectivity index (χ2v) is 5.71. The maximum absolute atomic E-state index is 11.1. The largest absolute Gasteiger partial charge is 0.495 e. The van der Waals surface area contributed by atoms with Gasteiger partial charge in [0.05, 0.1) is 12.1 Å². The smallest absolute Gasteiger partial charge is 0.220 e. The van der Waals surface area contributed by atoms with Gasteiger partial charge in [0.1, 0.15) is 5.75 Å². The van der Waals surface area contributed by atoms with Crippen LogP contribution in [-0.2, 0) is 11.3 Å². The lowest BCUT2D eigenvalue weighted by Gasteiger charge is -2.27. The van der Waals surface area contributed by atoms with Gasteiger partial charge in [-0.1, -0.05) is 17.7 Å². The van der Waals surface area contributed by atoms with Gasteiger partial charge < -0.3 is 15.8 Å². The Kier molecular flexibility index (Phi) is 5.26. The van der Waals surface area contributed by atoms with E-state index in [-0.39, 0.29) is 11.8 Å². The lowest BCUT2D eigenvalue weighted by molar-refractivity contribution is -0.122. The molecule has 4 nitrogen and oxygen atoms in total. The minimum atomic E-state index is -0.162. The first-order valence-electron chi connectivity index (χ1n) is 6.95. The normalized spacial score (nSPS) is 22.5. The summed E-state index contributed by atoms with van der Waals surface area (Å²) in [5.41, 5.74) is 6.47. The van der Waals surface area contributed by atoms with Crippen molar-refractivity contribution in [1.29, 1.82) is 0 Å². The van der Waals surface area contributed by atoms with E-state index in [1.54, 1.807) is 7.11 Å². The summed E-state index contributed by atoms with van der Waals surface area (Å²) in [5.74, 6) is 0.589. The van der Waals surface area contributed by atoms with Crippen LogP contribution in [0.3, 0.4) is 0 Å².